The van der Waals surface area contributed by atoms with Crippen LogP contribution in [0.5, 0.6) is 34.5 Å². The second kappa shape index (κ2) is 23.8. The number of hydrogen-bond donors (Lipinski definition) is 5. The molecule has 0 radical (unpaired) electrons. The fraction of sp³-hybridized carbons (Fsp3) is 0.455. The summed E-state index contributed by atoms with van der Waals surface area (Å²) in [6, 6.07) is 10.1. The van der Waals surface area contributed by atoms with E-state index in [2.05, 4.69) is 0 Å². The van der Waals surface area contributed by atoms with Crippen LogP contribution in [0.15, 0.2) is 54.6 Å². The fourth-order valence-electron chi connectivity index (χ4n) is 6.28. The Bertz CT molecular complexity index is 2100. The number of aliphatic hydroxyl groups excluding tert-OH is 2. The molecule has 354 valence electrons. The van der Waals surface area contributed by atoms with Crippen LogP contribution in [0.3, 0.4) is 0 Å². The average molecular weight is 927 g/mol. The van der Waals surface area contributed by atoms with E-state index >= 15 is 0 Å². The molecule has 65 heavy (non-hydrogen) atoms. The normalized spacial score (nSPS) is 15.3. The number of ketones is 3. The lowest BCUT2D eigenvalue weighted by molar-refractivity contribution is -0.133. The van der Waals surface area contributed by atoms with E-state index in [-0.39, 0.29) is 43.6 Å². The van der Waals surface area contributed by atoms with Gasteiger partial charge >= 0.3 is 0 Å². The molecule has 0 aliphatic carbocycles. The zero-order valence-corrected chi connectivity index (χ0v) is 38.2. The summed E-state index contributed by atoms with van der Waals surface area (Å²) in [6.45, 7) is 4.40. The van der Waals surface area contributed by atoms with Gasteiger partial charge in [0.1, 0.15) is 12.1 Å². The molecule has 0 bridgehead atoms. The van der Waals surface area contributed by atoms with E-state index < -0.39 is 61.3 Å². The van der Waals surface area contributed by atoms with Crippen molar-refractivity contribution in [3.63, 3.8) is 0 Å². The number of amides is 3. The number of likely N-dealkylation sites (N-methyl/N-ethyl adjacent to an activating group) is 3. The van der Waals surface area contributed by atoms with E-state index in [0.717, 1.165) is 5.75 Å². The Morgan fingerprint density at radius 3 is 1.08 bits per heavy atom. The SMILES string of the molecule is CC(C(=O)c1ccc2c(c1)OCO2)N(C)C(=O)C(N)CO.CC(C(=O)c1ccc2c(c1)OCO2)N(C)C(=O)C(N)CO.CSCCC(N)C(=O)N(C)C(C)C(=O)c1ccc2c(c1)OCO2. The standard InChI is InChI=1S/C16H22N2O4S.2C14H18N2O5/c1-10(18(2)16(20)12(17)6-7-23-3)15(19)11-4-5-13-14(8-11)22-9-21-13;2*1-8(16(2)14(19)10(15)6-17)13(18)9-3-4-11-12(5-9)21-7-20-11/h4-5,8,10,12H,6-7,9,17H2,1-3H3;2*3-5,8,10,17H,6-7,15H2,1-2H3. The summed E-state index contributed by atoms with van der Waals surface area (Å²) >= 11 is 1.64. The molecule has 0 spiro atoms. The maximum absolute atomic E-state index is 12.6. The molecule has 21 heteroatoms. The molecule has 3 aliphatic heterocycles. The van der Waals surface area contributed by atoms with Gasteiger partial charge in [-0.2, -0.15) is 11.8 Å². The second-order valence-corrected chi connectivity index (χ2v) is 16.1. The van der Waals surface area contributed by atoms with Crippen LogP contribution >= 0.6 is 11.8 Å². The zero-order valence-electron chi connectivity index (χ0n) is 37.4. The first-order valence-corrected chi connectivity index (χ1v) is 21.8. The van der Waals surface area contributed by atoms with Gasteiger partial charge in [0.05, 0.1) is 37.4 Å². The highest BCUT2D eigenvalue weighted by Crippen LogP contribution is 2.35. The number of Topliss-reactive ketones (excluding diaryl/α,β-unsaturated/α-hetero) is 3. The minimum atomic E-state index is -1.03. The number of benzene rings is 3. The highest BCUT2D eigenvalue weighted by molar-refractivity contribution is 7.98. The molecule has 0 fully saturated rings. The fourth-order valence-corrected chi connectivity index (χ4v) is 6.77. The topological polar surface area (TPSA) is 286 Å². The van der Waals surface area contributed by atoms with Gasteiger partial charge in [0.15, 0.2) is 51.8 Å². The predicted octanol–water partition coefficient (Wildman–Crippen LogP) is 1.05. The van der Waals surface area contributed by atoms with E-state index in [1.165, 1.54) is 28.8 Å². The Morgan fingerprint density at radius 2 is 0.800 bits per heavy atom. The largest absolute Gasteiger partial charge is 0.454 e. The van der Waals surface area contributed by atoms with Crippen LogP contribution in [0.1, 0.15) is 58.3 Å². The molecular weight excluding hydrogens is 869 g/mol. The molecule has 6 atom stereocenters. The third kappa shape index (κ3) is 12.9. The van der Waals surface area contributed by atoms with Crippen molar-refractivity contribution in [1.29, 1.82) is 0 Å². The number of carbonyl (C=O) groups excluding carboxylic acids is 6. The maximum Gasteiger partial charge on any atom is 0.242 e. The molecule has 3 aromatic rings. The lowest BCUT2D eigenvalue weighted by Gasteiger charge is -2.26. The van der Waals surface area contributed by atoms with Gasteiger partial charge in [-0.15, -0.1) is 0 Å². The summed E-state index contributed by atoms with van der Waals surface area (Å²) in [5.41, 5.74) is 18.2. The van der Waals surface area contributed by atoms with E-state index in [1.54, 1.807) is 94.2 Å². The van der Waals surface area contributed by atoms with Crippen molar-refractivity contribution >= 4 is 46.8 Å². The van der Waals surface area contributed by atoms with E-state index in [9.17, 15) is 28.8 Å². The molecule has 3 amide bonds. The van der Waals surface area contributed by atoms with Gasteiger partial charge in [0.25, 0.3) is 0 Å². The molecule has 6 rings (SSSR count). The first-order chi connectivity index (χ1) is 30.9. The van der Waals surface area contributed by atoms with Crippen molar-refractivity contribution in [3.8, 4) is 34.5 Å². The number of nitrogens with zero attached hydrogens (tertiary/aromatic N) is 3. The Labute approximate surface area is 381 Å². The van der Waals surface area contributed by atoms with Crippen molar-refractivity contribution < 1.29 is 67.4 Å². The Balaban J connectivity index is 0.000000214. The molecule has 8 N–H and O–H groups in total. The van der Waals surface area contributed by atoms with Gasteiger partial charge in [-0.3, -0.25) is 28.8 Å². The Kier molecular flexibility index (Phi) is 18.9. The summed E-state index contributed by atoms with van der Waals surface area (Å²) in [5.74, 6) is 2.34. The molecule has 0 aromatic heterocycles. The first kappa shape index (κ1) is 51.7. The summed E-state index contributed by atoms with van der Waals surface area (Å²) in [5, 5.41) is 17.8. The monoisotopic (exact) mass is 926 g/mol. The molecule has 3 aromatic carbocycles. The number of thioether (sulfide) groups is 1. The quantitative estimate of drug-likeness (QED) is 0.118. The third-order valence-electron chi connectivity index (χ3n) is 10.9. The molecule has 20 nitrogen and oxygen atoms in total. The molecule has 3 aliphatic rings. The summed E-state index contributed by atoms with van der Waals surface area (Å²) in [4.78, 5) is 77.4. The number of ether oxygens (including phenoxy) is 6. The maximum atomic E-state index is 12.6. The lowest BCUT2D eigenvalue weighted by Crippen LogP contribution is -2.49. The highest BCUT2D eigenvalue weighted by atomic mass is 32.2. The van der Waals surface area contributed by atoms with E-state index in [4.69, 9.17) is 55.8 Å². The molecule has 0 saturated heterocycles. The number of fused-ring (bicyclic) bond motifs is 3. The van der Waals surface area contributed by atoms with Crippen molar-refractivity contribution in [3.05, 3.63) is 71.3 Å². The van der Waals surface area contributed by atoms with Gasteiger partial charge < -0.3 is 70.5 Å². The number of aliphatic hydroxyl groups is 2. The summed E-state index contributed by atoms with van der Waals surface area (Å²) < 4.78 is 31.3. The Morgan fingerprint density at radius 1 is 0.523 bits per heavy atom. The predicted molar refractivity (Wildman–Crippen MR) is 238 cm³/mol. The number of nitrogens with two attached hydrogens (primary N) is 3. The van der Waals surface area contributed by atoms with Crippen LogP contribution < -0.4 is 45.6 Å². The summed E-state index contributed by atoms with van der Waals surface area (Å²) in [6.07, 6.45) is 2.56. The van der Waals surface area contributed by atoms with Crippen molar-refractivity contribution in [2.24, 2.45) is 17.2 Å². The van der Waals surface area contributed by atoms with E-state index in [1.807, 2.05) is 6.26 Å². The highest BCUT2D eigenvalue weighted by Gasteiger charge is 2.31. The van der Waals surface area contributed by atoms with Gasteiger partial charge in [-0.25, -0.2) is 0 Å². The second-order valence-electron chi connectivity index (χ2n) is 15.1. The molecule has 0 saturated carbocycles. The van der Waals surface area contributed by atoms with Crippen LogP contribution in [0.2, 0.25) is 0 Å². The van der Waals surface area contributed by atoms with Crippen molar-refractivity contribution in [2.45, 2.75) is 63.4 Å². The minimum Gasteiger partial charge on any atom is -0.454 e. The third-order valence-corrected chi connectivity index (χ3v) is 11.5. The van der Waals surface area contributed by atoms with Crippen LogP contribution in [0.25, 0.3) is 0 Å². The first-order valence-electron chi connectivity index (χ1n) is 20.5. The van der Waals surface area contributed by atoms with Crippen molar-refractivity contribution in [2.75, 3.05) is 66.7 Å². The van der Waals surface area contributed by atoms with E-state index in [0.29, 0.717) is 57.6 Å². The zero-order chi connectivity index (χ0) is 48.1. The van der Waals surface area contributed by atoms with Gasteiger partial charge in [0.2, 0.25) is 38.1 Å². The lowest BCUT2D eigenvalue weighted by atomic mass is 10.0. The van der Waals surface area contributed by atoms with Gasteiger partial charge in [-0.1, -0.05) is 0 Å². The number of carbonyl (C=O) groups is 6. The molecule has 6 unspecified atom stereocenters. The average Bonchev–Trinajstić information content (AvgIpc) is 4.13. The molecule has 3 heterocycles. The summed E-state index contributed by atoms with van der Waals surface area (Å²) in [7, 11) is 4.57. The Hall–Kier alpha value is -5.97. The smallest absolute Gasteiger partial charge is 0.242 e. The minimum absolute atomic E-state index is 0.131. The van der Waals surface area contributed by atoms with Crippen LogP contribution in [-0.4, -0.2) is 163 Å². The van der Waals surface area contributed by atoms with Crippen LogP contribution in [0.4, 0.5) is 0 Å². The number of rotatable bonds is 17. The van der Waals surface area contributed by atoms with Gasteiger partial charge in [0, 0.05) is 37.8 Å². The van der Waals surface area contributed by atoms with Gasteiger partial charge in [-0.05, 0) is 93.8 Å². The van der Waals surface area contributed by atoms with Crippen molar-refractivity contribution in [1.82, 2.24) is 14.7 Å². The molecular formula is C44H58N6O14S. The van der Waals surface area contributed by atoms with Crippen LogP contribution in [-0.2, 0) is 14.4 Å². The number of hydrogen-bond acceptors (Lipinski definition) is 18. The van der Waals surface area contributed by atoms with Crippen LogP contribution in [0, 0.1) is 0 Å².